The number of carbonyl (C=O) groups excluding carboxylic acids is 2. The predicted octanol–water partition coefficient (Wildman–Crippen LogP) is 3.84. The third kappa shape index (κ3) is 4.67. The van der Waals surface area contributed by atoms with E-state index < -0.39 is 0 Å². The summed E-state index contributed by atoms with van der Waals surface area (Å²) < 4.78 is 0. The second-order valence-corrected chi connectivity index (χ2v) is 6.42. The van der Waals surface area contributed by atoms with Gasteiger partial charge in [-0.3, -0.25) is 9.59 Å². The first-order chi connectivity index (χ1) is 12.0. The molecule has 0 saturated heterocycles. The molecule has 0 radical (unpaired) electrons. The van der Waals surface area contributed by atoms with E-state index in [1.54, 1.807) is 31.2 Å². The van der Waals surface area contributed by atoms with Crippen molar-refractivity contribution in [1.82, 2.24) is 5.43 Å². The summed E-state index contributed by atoms with van der Waals surface area (Å²) in [4.78, 5) is 23.8. The van der Waals surface area contributed by atoms with Crippen molar-refractivity contribution in [3.05, 3.63) is 64.7 Å². The lowest BCUT2D eigenvalue weighted by Gasteiger charge is -2.06. The van der Waals surface area contributed by atoms with E-state index in [1.165, 1.54) is 0 Å². The highest BCUT2D eigenvalue weighted by molar-refractivity contribution is 6.30. The van der Waals surface area contributed by atoms with Crippen LogP contribution in [0.25, 0.3) is 0 Å². The Bertz CT molecular complexity index is 810. The molecule has 1 saturated carbocycles. The number of anilines is 1. The molecule has 25 heavy (non-hydrogen) atoms. The van der Waals surface area contributed by atoms with Crippen LogP contribution in [0.5, 0.6) is 0 Å². The highest BCUT2D eigenvalue weighted by atomic mass is 35.5. The summed E-state index contributed by atoms with van der Waals surface area (Å²) in [6, 6.07) is 14.0. The number of hydrogen-bond donors (Lipinski definition) is 2. The molecule has 2 amide bonds. The summed E-state index contributed by atoms with van der Waals surface area (Å²) in [5.41, 5.74) is 5.30. The van der Waals surface area contributed by atoms with Crippen LogP contribution in [0, 0.1) is 5.92 Å². The van der Waals surface area contributed by atoms with E-state index in [2.05, 4.69) is 15.8 Å². The zero-order valence-electron chi connectivity index (χ0n) is 13.8. The van der Waals surface area contributed by atoms with Crippen molar-refractivity contribution in [2.75, 3.05) is 5.32 Å². The second kappa shape index (κ2) is 7.49. The highest BCUT2D eigenvalue weighted by Crippen LogP contribution is 2.30. The molecule has 2 aromatic carbocycles. The number of halogens is 1. The van der Waals surface area contributed by atoms with Gasteiger partial charge in [-0.2, -0.15) is 5.10 Å². The van der Waals surface area contributed by atoms with Crippen molar-refractivity contribution in [3.63, 3.8) is 0 Å². The Hall–Kier alpha value is -2.66. The van der Waals surface area contributed by atoms with Gasteiger partial charge in [0, 0.05) is 22.2 Å². The van der Waals surface area contributed by atoms with Crippen LogP contribution in [0.2, 0.25) is 5.02 Å². The molecule has 0 aromatic heterocycles. The van der Waals surface area contributed by atoms with E-state index in [1.807, 2.05) is 24.3 Å². The lowest BCUT2D eigenvalue weighted by molar-refractivity contribution is -0.117. The van der Waals surface area contributed by atoms with Gasteiger partial charge in [-0.05, 0) is 61.7 Å². The molecular weight excluding hydrogens is 338 g/mol. The fourth-order valence-electron chi connectivity index (χ4n) is 2.25. The quantitative estimate of drug-likeness (QED) is 0.631. The third-order valence-corrected chi connectivity index (χ3v) is 4.20. The number of benzene rings is 2. The summed E-state index contributed by atoms with van der Waals surface area (Å²) in [6.07, 6.45) is 1.95. The average Bonchev–Trinajstić information content (AvgIpc) is 3.46. The Morgan fingerprint density at radius 1 is 1.00 bits per heavy atom. The van der Waals surface area contributed by atoms with Gasteiger partial charge in [0.25, 0.3) is 5.91 Å². The third-order valence-electron chi connectivity index (χ3n) is 3.95. The van der Waals surface area contributed by atoms with Gasteiger partial charge in [-0.25, -0.2) is 5.43 Å². The summed E-state index contributed by atoms with van der Waals surface area (Å²) in [7, 11) is 0. The van der Waals surface area contributed by atoms with Gasteiger partial charge in [-0.1, -0.05) is 23.7 Å². The zero-order chi connectivity index (χ0) is 17.8. The molecule has 128 valence electrons. The molecule has 2 N–H and O–H groups in total. The van der Waals surface area contributed by atoms with Crippen LogP contribution in [0.3, 0.4) is 0 Å². The summed E-state index contributed by atoms with van der Waals surface area (Å²) >= 11 is 5.80. The van der Waals surface area contributed by atoms with Crippen LogP contribution in [0.4, 0.5) is 5.69 Å². The number of amides is 2. The van der Waals surface area contributed by atoms with Crippen molar-refractivity contribution in [2.45, 2.75) is 19.8 Å². The van der Waals surface area contributed by atoms with Gasteiger partial charge in [0.15, 0.2) is 0 Å². The lowest BCUT2D eigenvalue weighted by Crippen LogP contribution is -2.19. The van der Waals surface area contributed by atoms with Gasteiger partial charge in [-0.15, -0.1) is 0 Å². The SMILES string of the molecule is C/C(=N\NC(=O)c1ccc(Cl)cc1)c1ccc(NC(=O)C2CC2)cc1. The van der Waals surface area contributed by atoms with E-state index in [0.717, 1.165) is 24.1 Å². The van der Waals surface area contributed by atoms with Crippen LogP contribution >= 0.6 is 11.6 Å². The van der Waals surface area contributed by atoms with Gasteiger partial charge >= 0.3 is 0 Å². The molecule has 1 fully saturated rings. The van der Waals surface area contributed by atoms with Crippen LogP contribution in [-0.2, 0) is 4.79 Å². The molecule has 3 rings (SSSR count). The molecule has 1 aliphatic carbocycles. The molecule has 5 nitrogen and oxygen atoms in total. The maximum atomic E-state index is 12.0. The molecule has 0 heterocycles. The average molecular weight is 356 g/mol. The highest BCUT2D eigenvalue weighted by Gasteiger charge is 2.29. The van der Waals surface area contributed by atoms with Gasteiger partial charge in [0.2, 0.25) is 5.91 Å². The molecule has 2 aromatic rings. The Morgan fingerprint density at radius 3 is 2.20 bits per heavy atom. The topological polar surface area (TPSA) is 70.6 Å². The molecule has 6 heteroatoms. The van der Waals surface area contributed by atoms with Crippen molar-refractivity contribution in [1.29, 1.82) is 0 Å². The molecule has 0 bridgehead atoms. The lowest BCUT2D eigenvalue weighted by atomic mass is 10.1. The van der Waals surface area contributed by atoms with Gasteiger partial charge in [0.1, 0.15) is 0 Å². The minimum atomic E-state index is -0.302. The van der Waals surface area contributed by atoms with Crippen molar-refractivity contribution in [2.24, 2.45) is 11.0 Å². The first-order valence-corrected chi connectivity index (χ1v) is 8.42. The van der Waals surface area contributed by atoms with E-state index in [-0.39, 0.29) is 17.7 Å². The summed E-state index contributed by atoms with van der Waals surface area (Å²) in [6.45, 7) is 1.81. The normalized spacial score (nSPS) is 14.1. The number of carbonyl (C=O) groups is 2. The van der Waals surface area contributed by atoms with E-state index in [9.17, 15) is 9.59 Å². The minimum Gasteiger partial charge on any atom is -0.326 e. The fourth-order valence-corrected chi connectivity index (χ4v) is 2.38. The maximum absolute atomic E-state index is 12.0. The van der Waals surface area contributed by atoms with E-state index in [0.29, 0.717) is 16.3 Å². The predicted molar refractivity (Wildman–Crippen MR) is 98.9 cm³/mol. The Kier molecular flexibility index (Phi) is 5.14. The Morgan fingerprint density at radius 2 is 1.60 bits per heavy atom. The van der Waals surface area contributed by atoms with Crippen molar-refractivity contribution >= 4 is 34.8 Å². The molecule has 0 unspecified atom stereocenters. The van der Waals surface area contributed by atoms with Crippen LogP contribution in [0.1, 0.15) is 35.7 Å². The van der Waals surface area contributed by atoms with Crippen molar-refractivity contribution in [3.8, 4) is 0 Å². The second-order valence-electron chi connectivity index (χ2n) is 5.99. The minimum absolute atomic E-state index is 0.0772. The number of hydrogen-bond acceptors (Lipinski definition) is 3. The molecule has 0 spiro atoms. The largest absolute Gasteiger partial charge is 0.326 e. The standard InChI is InChI=1S/C19H18ClN3O2/c1-12(22-23-19(25)15-4-8-16(20)9-5-15)13-6-10-17(11-7-13)21-18(24)14-2-3-14/h4-11,14H,2-3H2,1H3,(H,21,24)(H,23,25)/b22-12+. The van der Waals surface area contributed by atoms with Gasteiger partial charge in [0.05, 0.1) is 5.71 Å². The van der Waals surface area contributed by atoms with Crippen LogP contribution < -0.4 is 10.7 Å². The smallest absolute Gasteiger partial charge is 0.271 e. The molecule has 0 aliphatic heterocycles. The Labute approximate surface area is 151 Å². The maximum Gasteiger partial charge on any atom is 0.271 e. The van der Waals surface area contributed by atoms with Crippen LogP contribution in [-0.4, -0.2) is 17.5 Å². The van der Waals surface area contributed by atoms with E-state index >= 15 is 0 Å². The molecule has 0 atom stereocenters. The molecule has 1 aliphatic rings. The zero-order valence-corrected chi connectivity index (χ0v) is 14.5. The van der Waals surface area contributed by atoms with Crippen LogP contribution in [0.15, 0.2) is 53.6 Å². The number of hydrazone groups is 1. The molecular formula is C19H18ClN3O2. The summed E-state index contributed by atoms with van der Waals surface area (Å²) in [5, 5.41) is 7.58. The first kappa shape index (κ1) is 17.2. The summed E-state index contributed by atoms with van der Waals surface area (Å²) in [5.74, 6) is -0.0521. The number of nitrogens with one attached hydrogen (secondary N) is 2. The monoisotopic (exact) mass is 355 g/mol. The Balaban J connectivity index is 1.60. The number of nitrogens with zero attached hydrogens (tertiary/aromatic N) is 1. The van der Waals surface area contributed by atoms with Crippen molar-refractivity contribution < 1.29 is 9.59 Å². The number of rotatable bonds is 5. The first-order valence-electron chi connectivity index (χ1n) is 8.04. The van der Waals surface area contributed by atoms with E-state index in [4.69, 9.17) is 11.6 Å². The van der Waals surface area contributed by atoms with Gasteiger partial charge < -0.3 is 5.32 Å². The fraction of sp³-hybridized carbons (Fsp3) is 0.211.